The van der Waals surface area contributed by atoms with Crippen molar-refractivity contribution in [3.63, 3.8) is 0 Å². The lowest BCUT2D eigenvalue weighted by Gasteiger charge is -2.29. The van der Waals surface area contributed by atoms with Crippen LogP contribution in [0.2, 0.25) is 5.02 Å². The molecule has 1 aliphatic rings. The molecule has 0 fully saturated rings. The zero-order valence-electron chi connectivity index (χ0n) is 19.6. The Morgan fingerprint density at radius 3 is 2.41 bits per heavy atom. The van der Waals surface area contributed by atoms with Crippen molar-refractivity contribution in [1.29, 1.82) is 0 Å². The van der Waals surface area contributed by atoms with Crippen LogP contribution in [0.5, 0.6) is 0 Å². The quantitative estimate of drug-likeness (QED) is 0.394. The summed E-state index contributed by atoms with van der Waals surface area (Å²) in [6, 6.07) is 18.1. The molecule has 184 valence electrons. The van der Waals surface area contributed by atoms with Gasteiger partial charge in [0.25, 0.3) is 11.8 Å². The Hall–Kier alpha value is -4.56. The average Bonchev–Trinajstić information content (AvgIpc) is 3.00. The van der Waals surface area contributed by atoms with Crippen molar-refractivity contribution in [3.8, 4) is 0 Å². The third kappa shape index (κ3) is 5.49. The number of aromatic nitrogens is 2. The molecular formula is C28H22ClN5O3. The minimum absolute atomic E-state index is 0.170. The van der Waals surface area contributed by atoms with Gasteiger partial charge in [0.2, 0.25) is 5.91 Å². The van der Waals surface area contributed by atoms with E-state index in [0.717, 1.165) is 11.1 Å². The van der Waals surface area contributed by atoms with Crippen molar-refractivity contribution in [2.45, 2.75) is 19.0 Å². The van der Waals surface area contributed by atoms with E-state index in [1.165, 1.54) is 0 Å². The first-order chi connectivity index (χ1) is 18.0. The van der Waals surface area contributed by atoms with Crippen LogP contribution in [0.3, 0.4) is 0 Å². The van der Waals surface area contributed by atoms with E-state index in [1.54, 1.807) is 90.4 Å². The van der Waals surface area contributed by atoms with Crippen LogP contribution >= 0.6 is 11.6 Å². The first-order valence-corrected chi connectivity index (χ1v) is 12.0. The van der Waals surface area contributed by atoms with Crippen molar-refractivity contribution < 1.29 is 14.4 Å². The Labute approximate surface area is 218 Å². The minimum atomic E-state index is -0.781. The van der Waals surface area contributed by atoms with Gasteiger partial charge in [-0.3, -0.25) is 24.4 Å². The second kappa shape index (κ2) is 10.6. The molecule has 3 amide bonds. The summed E-state index contributed by atoms with van der Waals surface area (Å²) in [7, 11) is 0. The lowest BCUT2D eigenvalue weighted by Crippen LogP contribution is -2.46. The van der Waals surface area contributed by atoms with Crippen LogP contribution in [-0.4, -0.2) is 38.6 Å². The van der Waals surface area contributed by atoms with Gasteiger partial charge in [-0.2, -0.15) is 0 Å². The molecule has 4 aromatic rings. The Balaban J connectivity index is 1.42. The summed E-state index contributed by atoms with van der Waals surface area (Å²) in [5.41, 5.74) is 3.39. The van der Waals surface area contributed by atoms with Crippen LogP contribution in [0.1, 0.15) is 31.8 Å². The molecule has 2 aromatic carbocycles. The second-order valence-electron chi connectivity index (χ2n) is 8.59. The molecule has 2 aromatic heterocycles. The molecule has 9 heteroatoms. The van der Waals surface area contributed by atoms with Crippen molar-refractivity contribution in [2.75, 3.05) is 10.6 Å². The average molecular weight is 512 g/mol. The molecule has 3 heterocycles. The van der Waals surface area contributed by atoms with Gasteiger partial charge in [-0.25, -0.2) is 0 Å². The summed E-state index contributed by atoms with van der Waals surface area (Å²) < 4.78 is 0. The number of benzene rings is 2. The summed E-state index contributed by atoms with van der Waals surface area (Å²) in [6.45, 7) is 0.170. The van der Waals surface area contributed by atoms with Crippen molar-refractivity contribution >= 4 is 40.7 Å². The number of hydrogen-bond donors (Lipinski definition) is 2. The van der Waals surface area contributed by atoms with E-state index in [9.17, 15) is 14.4 Å². The number of rotatable bonds is 6. The second-order valence-corrected chi connectivity index (χ2v) is 9.02. The maximum absolute atomic E-state index is 13.7. The summed E-state index contributed by atoms with van der Waals surface area (Å²) >= 11 is 6.13. The van der Waals surface area contributed by atoms with E-state index in [2.05, 4.69) is 20.6 Å². The highest BCUT2D eigenvalue weighted by Crippen LogP contribution is 2.29. The Morgan fingerprint density at radius 2 is 1.70 bits per heavy atom. The molecule has 0 aliphatic carbocycles. The molecule has 0 bridgehead atoms. The molecule has 0 radical (unpaired) electrons. The van der Waals surface area contributed by atoms with Gasteiger partial charge in [0.15, 0.2) is 0 Å². The number of anilines is 2. The Morgan fingerprint density at radius 1 is 0.946 bits per heavy atom. The van der Waals surface area contributed by atoms with Gasteiger partial charge in [0, 0.05) is 42.1 Å². The Bertz CT molecular complexity index is 1450. The van der Waals surface area contributed by atoms with Gasteiger partial charge in [-0.1, -0.05) is 29.8 Å². The molecule has 1 aliphatic heterocycles. The molecule has 5 rings (SSSR count). The third-order valence-electron chi connectivity index (χ3n) is 6.05. The Kier molecular flexibility index (Phi) is 6.91. The maximum atomic E-state index is 13.7. The van der Waals surface area contributed by atoms with Gasteiger partial charge in [-0.05, 0) is 59.7 Å². The first-order valence-electron chi connectivity index (χ1n) is 11.6. The molecule has 8 nitrogen and oxygen atoms in total. The zero-order valence-corrected chi connectivity index (χ0v) is 20.4. The fraction of sp³-hybridized carbons (Fsp3) is 0.107. The summed E-state index contributed by atoms with van der Waals surface area (Å²) in [5, 5.41) is 6.08. The molecule has 0 saturated carbocycles. The number of carbonyl (C=O) groups excluding carboxylic acids is 3. The van der Waals surface area contributed by atoms with E-state index in [0.29, 0.717) is 33.9 Å². The lowest BCUT2D eigenvalue weighted by atomic mass is 10.0. The fourth-order valence-electron chi connectivity index (χ4n) is 4.19. The number of hydrogen-bond acceptors (Lipinski definition) is 5. The molecule has 0 unspecified atom stereocenters. The summed E-state index contributed by atoms with van der Waals surface area (Å²) in [6.07, 6.45) is 6.82. The zero-order chi connectivity index (χ0) is 25.8. The predicted octanol–water partition coefficient (Wildman–Crippen LogP) is 4.59. The van der Waals surface area contributed by atoms with Crippen LogP contribution in [0.4, 0.5) is 11.4 Å². The number of fused-ring (bicyclic) bond motifs is 1. The highest BCUT2D eigenvalue weighted by molar-refractivity contribution is 6.31. The van der Waals surface area contributed by atoms with Gasteiger partial charge in [0.05, 0.1) is 23.1 Å². The lowest BCUT2D eigenvalue weighted by molar-refractivity contribution is -0.120. The summed E-state index contributed by atoms with van der Waals surface area (Å²) in [4.78, 5) is 49.3. The van der Waals surface area contributed by atoms with Crippen LogP contribution in [-0.2, 0) is 17.8 Å². The number of nitrogens with zero attached hydrogens (tertiary/aromatic N) is 3. The third-order valence-corrected chi connectivity index (χ3v) is 6.29. The van der Waals surface area contributed by atoms with Crippen LogP contribution in [0.15, 0.2) is 91.5 Å². The molecule has 1 atom stereocenters. The monoisotopic (exact) mass is 511 g/mol. The van der Waals surface area contributed by atoms with E-state index >= 15 is 0 Å². The normalized spacial score (nSPS) is 14.9. The molecule has 0 spiro atoms. The standard InChI is InChI=1S/C28H22ClN5O3/c29-21-9-10-23-24(14-21)33-27(36)25(13-19-3-1-11-30-15-19)34(28(23)37)17-18-5-7-20(8-6-18)26(35)32-22-4-2-12-31-16-22/h1-12,14-16,25H,13,17H2,(H,32,35)(H,33,36)/t25-/m1/s1. The fourth-order valence-corrected chi connectivity index (χ4v) is 4.36. The maximum Gasteiger partial charge on any atom is 0.256 e. The molecular weight excluding hydrogens is 490 g/mol. The van der Waals surface area contributed by atoms with E-state index in [-0.39, 0.29) is 24.3 Å². The van der Waals surface area contributed by atoms with E-state index in [1.807, 2.05) is 6.07 Å². The first kappa shape index (κ1) is 24.1. The van der Waals surface area contributed by atoms with Gasteiger partial charge >= 0.3 is 0 Å². The largest absolute Gasteiger partial charge is 0.323 e. The molecule has 0 saturated heterocycles. The van der Waals surface area contributed by atoms with Gasteiger partial charge in [-0.15, -0.1) is 0 Å². The highest BCUT2D eigenvalue weighted by Gasteiger charge is 2.35. The highest BCUT2D eigenvalue weighted by atomic mass is 35.5. The number of nitrogens with one attached hydrogen (secondary N) is 2. The molecule has 2 N–H and O–H groups in total. The van der Waals surface area contributed by atoms with Crippen LogP contribution in [0.25, 0.3) is 0 Å². The number of halogens is 1. The SMILES string of the molecule is O=C(Nc1cccnc1)c1ccc(CN2C(=O)c3ccc(Cl)cc3NC(=O)[C@H]2Cc2cccnc2)cc1. The van der Waals surface area contributed by atoms with Crippen LogP contribution < -0.4 is 10.6 Å². The summed E-state index contributed by atoms with van der Waals surface area (Å²) in [5.74, 6) is -0.881. The smallest absolute Gasteiger partial charge is 0.256 e. The van der Waals surface area contributed by atoms with Crippen molar-refractivity contribution in [2.24, 2.45) is 0 Å². The van der Waals surface area contributed by atoms with Crippen molar-refractivity contribution in [1.82, 2.24) is 14.9 Å². The predicted molar refractivity (Wildman–Crippen MR) is 140 cm³/mol. The molecule has 37 heavy (non-hydrogen) atoms. The number of pyridine rings is 2. The van der Waals surface area contributed by atoms with Crippen molar-refractivity contribution in [3.05, 3.63) is 119 Å². The number of carbonyl (C=O) groups is 3. The van der Waals surface area contributed by atoms with Gasteiger partial charge < -0.3 is 15.5 Å². The van der Waals surface area contributed by atoms with E-state index < -0.39 is 6.04 Å². The van der Waals surface area contributed by atoms with Gasteiger partial charge in [0.1, 0.15) is 6.04 Å². The van der Waals surface area contributed by atoms with E-state index in [4.69, 9.17) is 11.6 Å². The topological polar surface area (TPSA) is 104 Å². The van der Waals surface area contributed by atoms with Crippen LogP contribution in [0, 0.1) is 0 Å². The number of amides is 3. The minimum Gasteiger partial charge on any atom is -0.323 e.